The molecule has 2 amide bonds. The van der Waals surface area contributed by atoms with Crippen LogP contribution in [0.1, 0.15) is 36.2 Å². The van der Waals surface area contributed by atoms with E-state index >= 15 is 0 Å². The summed E-state index contributed by atoms with van der Waals surface area (Å²) in [6.45, 7) is 7.02. The molecule has 0 aliphatic carbocycles. The van der Waals surface area contributed by atoms with E-state index in [2.05, 4.69) is 35.5 Å². The molecule has 3 rings (SSSR count). The molecule has 1 aromatic heterocycles. The zero-order valence-electron chi connectivity index (χ0n) is 13.9. The van der Waals surface area contributed by atoms with Crippen LogP contribution in [0.5, 0.6) is 0 Å². The fourth-order valence-electron chi connectivity index (χ4n) is 3.07. The first-order chi connectivity index (χ1) is 11.2. The Hall–Kier alpha value is -2.30. The van der Waals surface area contributed by atoms with Crippen LogP contribution in [0.4, 0.5) is 4.79 Å². The van der Waals surface area contributed by atoms with E-state index in [9.17, 15) is 4.79 Å². The summed E-state index contributed by atoms with van der Waals surface area (Å²) in [5.74, 6) is 0. The maximum absolute atomic E-state index is 12.4. The summed E-state index contributed by atoms with van der Waals surface area (Å²) in [6.07, 6.45) is 3.76. The number of urea groups is 1. The number of benzene rings is 1. The Bertz CT molecular complexity index is 692. The van der Waals surface area contributed by atoms with Crippen molar-refractivity contribution < 1.29 is 4.79 Å². The predicted molar refractivity (Wildman–Crippen MR) is 90.1 cm³/mol. The number of carbonyl (C=O) groups excluding carboxylic acids is 1. The summed E-state index contributed by atoms with van der Waals surface area (Å²) in [4.78, 5) is 14.3. The monoisotopic (exact) mass is 312 g/mol. The number of aromatic nitrogens is 2. The number of hydrogen-bond donors (Lipinski definition) is 1. The van der Waals surface area contributed by atoms with E-state index in [0.717, 1.165) is 31.6 Å². The van der Waals surface area contributed by atoms with Gasteiger partial charge in [-0.3, -0.25) is 4.68 Å². The number of rotatable bonds is 4. The molecule has 0 unspecified atom stereocenters. The fourth-order valence-corrected chi connectivity index (χ4v) is 3.07. The molecule has 122 valence electrons. The molecule has 0 saturated heterocycles. The zero-order chi connectivity index (χ0) is 16.2. The first-order valence-electron chi connectivity index (χ1n) is 8.35. The third-order valence-corrected chi connectivity index (χ3v) is 4.50. The standard InChI is InChI=1S/C18H24N4O/c1-3-14-5-6-16-13-21(10-8-15(16)11-14)18(23)19-12-17-7-9-20-22(17)4-2/h5-7,9,11H,3-4,8,10,12-13H2,1-2H3,(H,19,23). The van der Waals surface area contributed by atoms with Gasteiger partial charge in [-0.1, -0.05) is 25.1 Å². The van der Waals surface area contributed by atoms with Crippen LogP contribution in [0, 0.1) is 0 Å². The minimum atomic E-state index is -0.000860. The Morgan fingerprint density at radius 3 is 2.91 bits per heavy atom. The topological polar surface area (TPSA) is 50.2 Å². The quantitative estimate of drug-likeness (QED) is 0.944. The van der Waals surface area contributed by atoms with Crippen LogP contribution < -0.4 is 5.32 Å². The number of hydrogen-bond acceptors (Lipinski definition) is 2. The van der Waals surface area contributed by atoms with E-state index in [1.807, 2.05) is 22.6 Å². The van der Waals surface area contributed by atoms with Gasteiger partial charge >= 0.3 is 6.03 Å². The van der Waals surface area contributed by atoms with Crippen molar-refractivity contribution in [3.63, 3.8) is 0 Å². The van der Waals surface area contributed by atoms with E-state index in [-0.39, 0.29) is 6.03 Å². The van der Waals surface area contributed by atoms with Crippen LogP contribution in [0.2, 0.25) is 0 Å². The van der Waals surface area contributed by atoms with E-state index in [1.165, 1.54) is 16.7 Å². The number of aryl methyl sites for hydroxylation is 2. The molecule has 1 aliphatic rings. The molecule has 1 aliphatic heterocycles. The second kappa shape index (κ2) is 6.86. The van der Waals surface area contributed by atoms with Gasteiger partial charge in [0.1, 0.15) is 0 Å². The van der Waals surface area contributed by atoms with Crippen molar-refractivity contribution in [2.45, 2.75) is 46.3 Å². The van der Waals surface area contributed by atoms with Gasteiger partial charge in [0.05, 0.1) is 12.2 Å². The average molecular weight is 312 g/mol. The van der Waals surface area contributed by atoms with Crippen LogP contribution in [0.25, 0.3) is 0 Å². The average Bonchev–Trinajstić information content (AvgIpc) is 3.06. The molecule has 0 fully saturated rings. The van der Waals surface area contributed by atoms with Crippen LogP contribution in [-0.4, -0.2) is 27.3 Å². The normalized spacial score (nSPS) is 13.7. The van der Waals surface area contributed by atoms with Gasteiger partial charge in [0.15, 0.2) is 0 Å². The van der Waals surface area contributed by atoms with Crippen molar-refractivity contribution in [3.8, 4) is 0 Å². The van der Waals surface area contributed by atoms with Gasteiger partial charge in [-0.15, -0.1) is 0 Å². The lowest BCUT2D eigenvalue weighted by Crippen LogP contribution is -2.42. The lowest BCUT2D eigenvalue weighted by Gasteiger charge is -2.29. The van der Waals surface area contributed by atoms with E-state index in [0.29, 0.717) is 13.1 Å². The third kappa shape index (κ3) is 3.38. The van der Waals surface area contributed by atoms with Crippen molar-refractivity contribution in [3.05, 3.63) is 52.8 Å². The summed E-state index contributed by atoms with van der Waals surface area (Å²) in [5, 5.41) is 7.23. The molecule has 0 radical (unpaired) electrons. The Morgan fingerprint density at radius 2 is 2.13 bits per heavy atom. The molecule has 1 aromatic carbocycles. The van der Waals surface area contributed by atoms with Crippen molar-refractivity contribution in [1.82, 2.24) is 20.0 Å². The molecule has 5 nitrogen and oxygen atoms in total. The van der Waals surface area contributed by atoms with Crippen LogP contribution in [0.3, 0.4) is 0 Å². The number of carbonyl (C=O) groups is 1. The molecule has 0 spiro atoms. The van der Waals surface area contributed by atoms with Crippen molar-refractivity contribution in [1.29, 1.82) is 0 Å². The summed E-state index contributed by atoms with van der Waals surface area (Å²) in [5.41, 5.74) is 5.06. The van der Waals surface area contributed by atoms with E-state index < -0.39 is 0 Å². The van der Waals surface area contributed by atoms with Crippen LogP contribution in [-0.2, 0) is 32.5 Å². The van der Waals surface area contributed by atoms with E-state index in [1.54, 1.807) is 6.20 Å². The molecule has 0 atom stereocenters. The maximum atomic E-state index is 12.4. The number of fused-ring (bicyclic) bond motifs is 1. The fraction of sp³-hybridized carbons (Fsp3) is 0.444. The van der Waals surface area contributed by atoms with Crippen molar-refractivity contribution in [2.24, 2.45) is 0 Å². The Balaban J connectivity index is 1.60. The second-order valence-corrected chi connectivity index (χ2v) is 5.93. The van der Waals surface area contributed by atoms with Gasteiger partial charge in [0.2, 0.25) is 0 Å². The van der Waals surface area contributed by atoms with Crippen molar-refractivity contribution in [2.75, 3.05) is 6.54 Å². The van der Waals surface area contributed by atoms with Gasteiger partial charge in [0, 0.05) is 25.8 Å². The molecule has 0 saturated carbocycles. The summed E-state index contributed by atoms with van der Waals surface area (Å²) in [6, 6.07) is 8.56. The Labute approximate surface area is 137 Å². The first kappa shape index (κ1) is 15.6. The van der Waals surface area contributed by atoms with Crippen LogP contribution >= 0.6 is 0 Å². The largest absolute Gasteiger partial charge is 0.332 e. The summed E-state index contributed by atoms with van der Waals surface area (Å²) in [7, 11) is 0. The highest BCUT2D eigenvalue weighted by atomic mass is 16.2. The molecule has 2 heterocycles. The maximum Gasteiger partial charge on any atom is 0.318 e. The number of nitrogens with one attached hydrogen (secondary N) is 1. The highest BCUT2D eigenvalue weighted by Crippen LogP contribution is 2.20. The number of nitrogens with zero attached hydrogens (tertiary/aromatic N) is 3. The van der Waals surface area contributed by atoms with Gasteiger partial charge < -0.3 is 10.2 Å². The highest BCUT2D eigenvalue weighted by molar-refractivity contribution is 5.74. The van der Waals surface area contributed by atoms with Gasteiger partial charge in [-0.2, -0.15) is 5.10 Å². The Morgan fingerprint density at radius 1 is 1.26 bits per heavy atom. The first-order valence-corrected chi connectivity index (χ1v) is 8.35. The summed E-state index contributed by atoms with van der Waals surface area (Å²) < 4.78 is 1.90. The molecular weight excluding hydrogens is 288 g/mol. The Kier molecular flexibility index (Phi) is 4.65. The SMILES string of the molecule is CCc1ccc2c(c1)CCN(C(=O)NCc1ccnn1CC)C2. The van der Waals surface area contributed by atoms with Crippen LogP contribution in [0.15, 0.2) is 30.5 Å². The van der Waals surface area contributed by atoms with Gasteiger partial charge in [0.25, 0.3) is 0 Å². The minimum absolute atomic E-state index is 0.000860. The van der Waals surface area contributed by atoms with Gasteiger partial charge in [-0.25, -0.2) is 4.79 Å². The minimum Gasteiger partial charge on any atom is -0.332 e. The number of amides is 2. The molecular formula is C18H24N4O. The van der Waals surface area contributed by atoms with Gasteiger partial charge in [-0.05, 0) is 42.5 Å². The molecule has 0 bridgehead atoms. The zero-order valence-corrected chi connectivity index (χ0v) is 13.9. The predicted octanol–water partition coefficient (Wildman–Crippen LogP) is 2.73. The molecule has 1 N–H and O–H groups in total. The van der Waals surface area contributed by atoms with Crippen molar-refractivity contribution >= 4 is 6.03 Å². The second-order valence-electron chi connectivity index (χ2n) is 5.93. The highest BCUT2D eigenvalue weighted by Gasteiger charge is 2.20. The summed E-state index contributed by atoms with van der Waals surface area (Å²) >= 11 is 0. The molecule has 2 aromatic rings. The lowest BCUT2D eigenvalue weighted by atomic mass is 9.97. The smallest absolute Gasteiger partial charge is 0.318 e. The molecule has 23 heavy (non-hydrogen) atoms. The lowest BCUT2D eigenvalue weighted by molar-refractivity contribution is 0.191. The molecule has 5 heteroatoms. The third-order valence-electron chi connectivity index (χ3n) is 4.50. The van der Waals surface area contributed by atoms with E-state index in [4.69, 9.17) is 0 Å².